The van der Waals surface area contributed by atoms with Crippen LogP contribution in [0.2, 0.25) is 0 Å². The number of aromatic amines is 1. The molecule has 2 N–H and O–H groups in total. The first-order chi connectivity index (χ1) is 12.6. The molecule has 0 aliphatic rings. The molecule has 0 radical (unpaired) electrons. The van der Waals surface area contributed by atoms with E-state index in [0.29, 0.717) is 6.61 Å². The van der Waals surface area contributed by atoms with Crippen LogP contribution in [0.3, 0.4) is 0 Å². The van der Waals surface area contributed by atoms with Gasteiger partial charge >= 0.3 is 0 Å². The van der Waals surface area contributed by atoms with Gasteiger partial charge in [0.2, 0.25) is 0 Å². The summed E-state index contributed by atoms with van der Waals surface area (Å²) in [5.41, 5.74) is 3.33. The lowest BCUT2D eigenvalue weighted by atomic mass is 9.86. The molecule has 0 saturated carbocycles. The van der Waals surface area contributed by atoms with Crippen molar-refractivity contribution in [3.8, 4) is 17.0 Å². The Morgan fingerprint density at radius 1 is 1.04 bits per heavy atom. The molecular weight excluding hydrogens is 324 g/mol. The number of nitrogens with one attached hydrogen (secondary N) is 2. The van der Waals surface area contributed by atoms with E-state index in [1.165, 1.54) is 0 Å². The molecule has 26 heavy (non-hydrogen) atoms. The average Bonchev–Trinajstić information content (AvgIpc) is 3.17. The quantitative estimate of drug-likeness (QED) is 0.583. The summed E-state index contributed by atoms with van der Waals surface area (Å²) in [5, 5.41) is 3.44. The summed E-state index contributed by atoms with van der Waals surface area (Å²) in [7, 11) is 0. The van der Waals surface area contributed by atoms with Crippen LogP contribution >= 0.6 is 0 Å². The summed E-state index contributed by atoms with van der Waals surface area (Å²) >= 11 is 0. The molecule has 0 bridgehead atoms. The van der Waals surface area contributed by atoms with Crippen LogP contribution in [0.1, 0.15) is 26.7 Å². The molecule has 2 heterocycles. The second-order valence-electron chi connectivity index (χ2n) is 7.14. The van der Waals surface area contributed by atoms with E-state index in [0.717, 1.165) is 42.1 Å². The highest BCUT2D eigenvalue weighted by atomic mass is 16.5. The third-order valence-corrected chi connectivity index (χ3v) is 4.52. The number of benzene rings is 1. The van der Waals surface area contributed by atoms with E-state index < -0.39 is 0 Å². The number of hydrogen-bond donors (Lipinski definition) is 2. The molecule has 5 heteroatoms. The van der Waals surface area contributed by atoms with E-state index in [2.05, 4.69) is 34.1 Å². The number of nitrogens with zero attached hydrogens (tertiary/aromatic N) is 2. The Labute approximate surface area is 154 Å². The van der Waals surface area contributed by atoms with Crippen LogP contribution in [-0.4, -0.2) is 28.1 Å². The minimum absolute atomic E-state index is 0.197. The Morgan fingerprint density at radius 2 is 1.85 bits per heavy atom. The van der Waals surface area contributed by atoms with E-state index in [-0.39, 0.29) is 5.41 Å². The number of imidazole rings is 1. The number of aromatic nitrogens is 3. The number of hydrogen-bond acceptors (Lipinski definition) is 4. The van der Waals surface area contributed by atoms with E-state index in [1.54, 1.807) is 18.7 Å². The van der Waals surface area contributed by atoms with Crippen LogP contribution in [0.4, 0.5) is 5.69 Å². The Balaban J connectivity index is 1.48. The smallest absolute Gasteiger partial charge is 0.128 e. The van der Waals surface area contributed by atoms with Gasteiger partial charge in [0, 0.05) is 30.2 Å². The lowest BCUT2D eigenvalue weighted by molar-refractivity contribution is 0.221. The fourth-order valence-electron chi connectivity index (χ4n) is 2.80. The summed E-state index contributed by atoms with van der Waals surface area (Å²) in [6.45, 7) is 6.19. The van der Waals surface area contributed by atoms with Crippen LogP contribution in [0.25, 0.3) is 11.3 Å². The van der Waals surface area contributed by atoms with Gasteiger partial charge in [-0.05, 0) is 42.5 Å². The fourth-order valence-corrected chi connectivity index (χ4v) is 2.80. The van der Waals surface area contributed by atoms with Crippen molar-refractivity contribution in [3.63, 3.8) is 0 Å². The van der Waals surface area contributed by atoms with Gasteiger partial charge in [0.1, 0.15) is 5.75 Å². The van der Waals surface area contributed by atoms with E-state index in [1.807, 2.05) is 42.6 Å². The zero-order valence-electron chi connectivity index (χ0n) is 15.4. The molecule has 0 saturated heterocycles. The van der Waals surface area contributed by atoms with Crippen LogP contribution in [0.5, 0.6) is 5.75 Å². The Kier molecular flexibility index (Phi) is 5.89. The zero-order valence-corrected chi connectivity index (χ0v) is 15.4. The van der Waals surface area contributed by atoms with Gasteiger partial charge in [-0.3, -0.25) is 4.98 Å². The third kappa shape index (κ3) is 5.09. The highest BCUT2D eigenvalue weighted by molar-refractivity contribution is 5.66. The van der Waals surface area contributed by atoms with Crippen LogP contribution < -0.4 is 10.1 Å². The van der Waals surface area contributed by atoms with Crippen LogP contribution in [0, 0.1) is 5.41 Å². The number of rotatable bonds is 9. The van der Waals surface area contributed by atoms with Crippen molar-refractivity contribution < 1.29 is 4.74 Å². The monoisotopic (exact) mass is 350 g/mol. The van der Waals surface area contributed by atoms with Crippen molar-refractivity contribution in [3.05, 3.63) is 61.3 Å². The third-order valence-electron chi connectivity index (χ3n) is 4.52. The molecule has 0 amide bonds. The standard InChI is InChI=1S/C21H26N4O/c1-21(2,9-13-24-17-7-11-22-12-8-17)10-14-26-20-6-4-3-5-18(20)19-15-23-16-25-19/h3-8,11-12,15-16H,9-10,13-14H2,1-2H3,(H,22,24)(H,23,25). The minimum atomic E-state index is 0.197. The summed E-state index contributed by atoms with van der Waals surface area (Å²) in [4.78, 5) is 11.3. The minimum Gasteiger partial charge on any atom is -0.493 e. The molecule has 0 fully saturated rings. The highest BCUT2D eigenvalue weighted by Crippen LogP contribution is 2.30. The Morgan fingerprint density at radius 3 is 2.62 bits per heavy atom. The molecule has 136 valence electrons. The predicted octanol–water partition coefficient (Wildman–Crippen LogP) is 4.77. The molecule has 1 aromatic carbocycles. The molecule has 0 atom stereocenters. The molecule has 3 aromatic rings. The number of para-hydroxylation sites is 1. The summed E-state index contributed by atoms with van der Waals surface area (Å²) in [5.74, 6) is 0.891. The van der Waals surface area contributed by atoms with Gasteiger partial charge in [-0.1, -0.05) is 26.0 Å². The van der Waals surface area contributed by atoms with Crippen molar-refractivity contribution >= 4 is 5.69 Å². The van der Waals surface area contributed by atoms with Gasteiger partial charge in [-0.2, -0.15) is 0 Å². The SMILES string of the molecule is CC(C)(CCNc1ccncc1)CCOc1ccccc1-c1cnc[nH]1. The molecule has 5 nitrogen and oxygen atoms in total. The molecule has 0 unspecified atom stereocenters. The lowest BCUT2D eigenvalue weighted by Crippen LogP contribution is -2.20. The maximum Gasteiger partial charge on any atom is 0.128 e. The van der Waals surface area contributed by atoms with Gasteiger partial charge in [-0.25, -0.2) is 4.98 Å². The zero-order chi connectivity index (χ0) is 18.2. The topological polar surface area (TPSA) is 62.8 Å². The Bertz CT molecular complexity index is 785. The Hall–Kier alpha value is -2.82. The average molecular weight is 350 g/mol. The lowest BCUT2D eigenvalue weighted by Gasteiger charge is -2.25. The van der Waals surface area contributed by atoms with Crippen molar-refractivity contribution in [1.82, 2.24) is 15.0 Å². The van der Waals surface area contributed by atoms with Gasteiger partial charge in [0.15, 0.2) is 0 Å². The van der Waals surface area contributed by atoms with E-state index in [9.17, 15) is 0 Å². The van der Waals surface area contributed by atoms with Crippen molar-refractivity contribution in [2.75, 3.05) is 18.5 Å². The number of anilines is 1. The molecular formula is C21H26N4O. The molecule has 3 rings (SSSR count). The van der Waals surface area contributed by atoms with Crippen LogP contribution in [-0.2, 0) is 0 Å². The molecule has 2 aromatic heterocycles. The normalized spacial score (nSPS) is 11.3. The molecule has 0 aliphatic heterocycles. The van der Waals surface area contributed by atoms with Gasteiger partial charge in [0.25, 0.3) is 0 Å². The largest absolute Gasteiger partial charge is 0.493 e. The van der Waals surface area contributed by atoms with Crippen molar-refractivity contribution in [1.29, 1.82) is 0 Å². The second kappa shape index (κ2) is 8.52. The molecule has 0 spiro atoms. The first-order valence-corrected chi connectivity index (χ1v) is 8.98. The van der Waals surface area contributed by atoms with Crippen LogP contribution in [0.15, 0.2) is 61.3 Å². The van der Waals surface area contributed by atoms with E-state index in [4.69, 9.17) is 4.74 Å². The number of ether oxygens (including phenoxy) is 1. The highest BCUT2D eigenvalue weighted by Gasteiger charge is 2.18. The molecule has 0 aliphatic carbocycles. The second-order valence-corrected chi connectivity index (χ2v) is 7.14. The van der Waals surface area contributed by atoms with Gasteiger partial charge in [0.05, 0.1) is 24.8 Å². The maximum atomic E-state index is 6.08. The maximum absolute atomic E-state index is 6.08. The van der Waals surface area contributed by atoms with Crippen molar-refractivity contribution in [2.45, 2.75) is 26.7 Å². The summed E-state index contributed by atoms with van der Waals surface area (Å²) < 4.78 is 6.08. The van der Waals surface area contributed by atoms with Gasteiger partial charge < -0.3 is 15.0 Å². The first kappa shape index (κ1) is 18.0. The first-order valence-electron chi connectivity index (χ1n) is 8.98. The summed E-state index contributed by atoms with van der Waals surface area (Å²) in [6.07, 6.45) is 9.17. The number of pyridine rings is 1. The predicted molar refractivity (Wildman–Crippen MR) is 105 cm³/mol. The van der Waals surface area contributed by atoms with Gasteiger partial charge in [-0.15, -0.1) is 0 Å². The fraction of sp³-hybridized carbons (Fsp3) is 0.333. The van der Waals surface area contributed by atoms with Crippen molar-refractivity contribution in [2.24, 2.45) is 5.41 Å². The number of H-pyrrole nitrogens is 1. The summed E-state index contributed by atoms with van der Waals surface area (Å²) in [6, 6.07) is 12.0. The van der Waals surface area contributed by atoms with E-state index >= 15 is 0 Å².